The van der Waals surface area contributed by atoms with Gasteiger partial charge in [0, 0.05) is 0 Å². The van der Waals surface area contributed by atoms with Gasteiger partial charge in [-0.25, -0.2) is 4.98 Å². The summed E-state index contributed by atoms with van der Waals surface area (Å²) in [6.45, 7) is 4.82. The summed E-state index contributed by atoms with van der Waals surface area (Å²) in [5.74, 6) is -0.0352. The lowest BCUT2D eigenvalue weighted by Gasteiger charge is -2.11. The van der Waals surface area contributed by atoms with Crippen LogP contribution in [-0.2, 0) is 16.1 Å². The first kappa shape index (κ1) is 17.7. The van der Waals surface area contributed by atoms with Gasteiger partial charge in [-0.15, -0.1) is 0 Å². The molecule has 24 heavy (non-hydrogen) atoms. The summed E-state index contributed by atoms with van der Waals surface area (Å²) >= 11 is 0. The van der Waals surface area contributed by atoms with Crippen molar-refractivity contribution in [2.24, 2.45) is 0 Å². The van der Waals surface area contributed by atoms with Crippen LogP contribution in [0.25, 0.3) is 0 Å². The molecular formula is C17H21N3O4. The molecule has 2 rings (SSSR count). The highest BCUT2D eigenvalue weighted by atomic mass is 16.5. The zero-order chi connectivity index (χ0) is 17.2. The van der Waals surface area contributed by atoms with Crippen LogP contribution in [-0.4, -0.2) is 35.7 Å². The minimum absolute atomic E-state index is 0.0757. The number of nitrogens with one attached hydrogen (secondary N) is 1. The third kappa shape index (κ3) is 5.51. The molecule has 7 nitrogen and oxygen atoms in total. The number of rotatable bonds is 9. The van der Waals surface area contributed by atoms with Crippen LogP contribution in [0.1, 0.15) is 19.4 Å². The number of amides is 1. The zero-order valence-electron chi connectivity index (χ0n) is 13.8. The van der Waals surface area contributed by atoms with Gasteiger partial charge < -0.3 is 19.5 Å². The van der Waals surface area contributed by atoms with Crippen molar-refractivity contribution >= 4 is 11.6 Å². The number of aromatic nitrogens is 2. The lowest BCUT2D eigenvalue weighted by atomic mass is 10.2. The number of hydrogen-bond donors (Lipinski definition) is 1. The molecule has 0 spiro atoms. The molecule has 0 saturated heterocycles. The number of benzene rings is 1. The first-order valence-corrected chi connectivity index (χ1v) is 7.77. The Morgan fingerprint density at radius 3 is 2.58 bits per heavy atom. The van der Waals surface area contributed by atoms with E-state index in [1.54, 1.807) is 0 Å². The molecule has 0 aliphatic rings. The largest absolute Gasteiger partial charge is 0.476 e. The second kappa shape index (κ2) is 9.46. The molecule has 128 valence electrons. The molecule has 0 bridgehead atoms. The van der Waals surface area contributed by atoms with Crippen molar-refractivity contribution in [3.63, 3.8) is 0 Å². The maximum atomic E-state index is 12.0. The fourth-order valence-corrected chi connectivity index (χ4v) is 1.90. The molecule has 1 heterocycles. The fraction of sp³-hybridized carbons (Fsp3) is 0.353. The second-order valence-corrected chi connectivity index (χ2v) is 4.76. The van der Waals surface area contributed by atoms with Crippen LogP contribution in [0.2, 0.25) is 0 Å². The fourth-order valence-electron chi connectivity index (χ4n) is 1.90. The molecule has 1 aromatic carbocycles. The molecule has 0 fully saturated rings. The topological polar surface area (TPSA) is 82.6 Å². The molecule has 0 unspecified atom stereocenters. The Bertz CT molecular complexity index is 650. The Labute approximate surface area is 141 Å². The van der Waals surface area contributed by atoms with Gasteiger partial charge in [-0.2, -0.15) is 4.98 Å². The van der Waals surface area contributed by atoms with Crippen molar-refractivity contribution < 1.29 is 19.0 Å². The third-order valence-corrected chi connectivity index (χ3v) is 2.90. The van der Waals surface area contributed by atoms with Crippen molar-refractivity contribution in [2.75, 3.05) is 25.1 Å². The first-order valence-electron chi connectivity index (χ1n) is 7.77. The molecular weight excluding hydrogens is 310 g/mol. The monoisotopic (exact) mass is 331 g/mol. The average Bonchev–Trinajstić information content (AvgIpc) is 2.59. The molecule has 0 atom stereocenters. The summed E-state index contributed by atoms with van der Waals surface area (Å²) in [6, 6.07) is 9.85. The van der Waals surface area contributed by atoms with E-state index in [1.165, 1.54) is 6.20 Å². The van der Waals surface area contributed by atoms with Gasteiger partial charge in [0.15, 0.2) is 0 Å². The summed E-state index contributed by atoms with van der Waals surface area (Å²) in [6.07, 6.45) is 1.46. The van der Waals surface area contributed by atoms with Crippen LogP contribution >= 0.6 is 0 Å². The van der Waals surface area contributed by atoms with Gasteiger partial charge in [-0.05, 0) is 19.4 Å². The third-order valence-electron chi connectivity index (χ3n) is 2.90. The van der Waals surface area contributed by atoms with Crippen molar-refractivity contribution in [2.45, 2.75) is 20.5 Å². The van der Waals surface area contributed by atoms with E-state index in [2.05, 4.69) is 15.3 Å². The van der Waals surface area contributed by atoms with E-state index in [4.69, 9.17) is 14.2 Å². The molecule has 0 radical (unpaired) electrons. The first-order chi connectivity index (χ1) is 11.7. The van der Waals surface area contributed by atoms with Crippen molar-refractivity contribution in [1.29, 1.82) is 0 Å². The Balaban J connectivity index is 1.90. The summed E-state index contributed by atoms with van der Waals surface area (Å²) < 4.78 is 16.0. The number of hydrogen-bond acceptors (Lipinski definition) is 6. The highest BCUT2D eigenvalue weighted by Gasteiger charge is 2.12. The average molecular weight is 331 g/mol. The van der Waals surface area contributed by atoms with E-state index >= 15 is 0 Å². The normalized spacial score (nSPS) is 10.2. The van der Waals surface area contributed by atoms with Gasteiger partial charge >= 0.3 is 6.01 Å². The maximum Gasteiger partial charge on any atom is 0.319 e. The van der Waals surface area contributed by atoms with Gasteiger partial charge in [0.05, 0.1) is 26.0 Å². The molecule has 0 aliphatic heterocycles. The van der Waals surface area contributed by atoms with Gasteiger partial charge in [0.25, 0.3) is 5.91 Å². The van der Waals surface area contributed by atoms with Crippen LogP contribution in [0, 0.1) is 0 Å². The van der Waals surface area contributed by atoms with Gasteiger partial charge in [0.1, 0.15) is 12.3 Å². The predicted molar refractivity (Wildman–Crippen MR) is 89.1 cm³/mol. The second-order valence-electron chi connectivity index (χ2n) is 4.76. The lowest BCUT2D eigenvalue weighted by molar-refractivity contribution is -0.121. The van der Waals surface area contributed by atoms with Crippen LogP contribution in [0.15, 0.2) is 36.5 Å². The van der Waals surface area contributed by atoms with Gasteiger partial charge in [-0.3, -0.25) is 4.79 Å². The van der Waals surface area contributed by atoms with Gasteiger partial charge in [-0.1, -0.05) is 30.3 Å². The molecule has 0 saturated carbocycles. The highest BCUT2D eigenvalue weighted by molar-refractivity contribution is 5.92. The van der Waals surface area contributed by atoms with Crippen molar-refractivity contribution in [3.8, 4) is 11.9 Å². The molecule has 0 aliphatic carbocycles. The van der Waals surface area contributed by atoms with E-state index in [1.807, 2.05) is 44.2 Å². The Kier molecular flexibility index (Phi) is 6.97. The van der Waals surface area contributed by atoms with E-state index in [9.17, 15) is 4.79 Å². The number of carbonyl (C=O) groups is 1. The lowest BCUT2D eigenvalue weighted by Crippen LogP contribution is -2.19. The van der Waals surface area contributed by atoms with Crippen LogP contribution in [0.5, 0.6) is 11.9 Å². The standard InChI is InChI=1S/C17H21N3O4/c1-3-23-16-14(10-18-17(20-16)24-4-2)19-15(21)12-22-11-13-8-6-5-7-9-13/h5-10H,3-4,11-12H2,1-2H3,(H,19,21). The van der Waals surface area contributed by atoms with Gasteiger partial charge in [0.2, 0.25) is 5.88 Å². The van der Waals surface area contributed by atoms with E-state index in [0.717, 1.165) is 5.56 Å². The SMILES string of the molecule is CCOc1ncc(NC(=O)COCc2ccccc2)c(OCC)n1. The molecule has 1 N–H and O–H groups in total. The summed E-state index contributed by atoms with van der Waals surface area (Å²) in [5, 5.41) is 2.68. The summed E-state index contributed by atoms with van der Waals surface area (Å²) in [4.78, 5) is 20.1. The summed E-state index contributed by atoms with van der Waals surface area (Å²) in [7, 11) is 0. The number of carbonyl (C=O) groups excluding carboxylic acids is 1. The quantitative estimate of drug-likeness (QED) is 0.760. The van der Waals surface area contributed by atoms with Crippen molar-refractivity contribution in [3.05, 3.63) is 42.1 Å². The maximum absolute atomic E-state index is 12.0. The molecule has 7 heteroatoms. The smallest absolute Gasteiger partial charge is 0.319 e. The highest BCUT2D eigenvalue weighted by Crippen LogP contribution is 2.23. The summed E-state index contributed by atoms with van der Waals surface area (Å²) in [5.41, 5.74) is 1.39. The Morgan fingerprint density at radius 1 is 1.12 bits per heavy atom. The van der Waals surface area contributed by atoms with Crippen LogP contribution < -0.4 is 14.8 Å². The number of nitrogens with zero attached hydrogens (tertiary/aromatic N) is 2. The predicted octanol–water partition coefficient (Wildman–Crippen LogP) is 2.43. The van der Waals surface area contributed by atoms with E-state index in [-0.39, 0.29) is 24.4 Å². The van der Waals surface area contributed by atoms with Crippen LogP contribution in [0.3, 0.4) is 0 Å². The minimum Gasteiger partial charge on any atom is -0.476 e. The van der Waals surface area contributed by atoms with E-state index in [0.29, 0.717) is 25.5 Å². The number of ether oxygens (including phenoxy) is 3. The van der Waals surface area contributed by atoms with Crippen LogP contribution in [0.4, 0.5) is 5.69 Å². The molecule has 1 aromatic heterocycles. The molecule has 1 amide bonds. The Morgan fingerprint density at radius 2 is 1.88 bits per heavy atom. The Hall–Kier alpha value is -2.67. The van der Waals surface area contributed by atoms with Crippen molar-refractivity contribution in [1.82, 2.24) is 9.97 Å². The number of anilines is 1. The zero-order valence-corrected chi connectivity index (χ0v) is 13.8. The van der Waals surface area contributed by atoms with E-state index < -0.39 is 0 Å². The minimum atomic E-state index is -0.306. The molecule has 2 aromatic rings.